The van der Waals surface area contributed by atoms with E-state index in [1.165, 1.54) is 0 Å². The normalized spacial score (nSPS) is 43.2. The van der Waals surface area contributed by atoms with Crippen LogP contribution < -0.4 is 5.32 Å². The first-order valence-electron chi connectivity index (χ1n) is 4.70. The van der Waals surface area contributed by atoms with Gasteiger partial charge in [0.15, 0.2) is 0 Å². The summed E-state index contributed by atoms with van der Waals surface area (Å²) in [7, 11) is 0. The molecule has 1 N–H and O–H groups in total. The first kappa shape index (κ1) is 9.28. The highest BCUT2D eigenvalue weighted by molar-refractivity contribution is 6.21. The van der Waals surface area contributed by atoms with Gasteiger partial charge in [-0.25, -0.2) is 0 Å². The van der Waals surface area contributed by atoms with Crippen molar-refractivity contribution in [3.05, 3.63) is 0 Å². The van der Waals surface area contributed by atoms with E-state index in [0.29, 0.717) is 19.1 Å². The summed E-state index contributed by atoms with van der Waals surface area (Å²) in [4.78, 5) is 11.5. The summed E-state index contributed by atoms with van der Waals surface area (Å²) >= 11 is 5.94. The molecule has 2 fully saturated rings. The van der Waals surface area contributed by atoms with Gasteiger partial charge in [0.2, 0.25) is 5.91 Å². The quantitative estimate of drug-likeness (QED) is 0.674. The third-order valence-corrected chi connectivity index (χ3v) is 3.22. The maximum atomic E-state index is 11.5. The van der Waals surface area contributed by atoms with Crippen LogP contribution in [0.4, 0.5) is 0 Å². The largest absolute Gasteiger partial charge is 0.378 e. The summed E-state index contributed by atoms with van der Waals surface area (Å²) < 4.78 is 5.15. The van der Waals surface area contributed by atoms with Crippen molar-refractivity contribution >= 4 is 17.5 Å². The van der Waals surface area contributed by atoms with E-state index in [9.17, 15) is 4.79 Å². The highest BCUT2D eigenvalue weighted by Crippen LogP contribution is 2.37. The number of alkyl halides is 1. The minimum atomic E-state index is -0.0574. The first-order valence-corrected chi connectivity index (χ1v) is 5.14. The number of nitrogens with one attached hydrogen (secondary N) is 1. The lowest BCUT2D eigenvalue weighted by Crippen LogP contribution is -2.41. The van der Waals surface area contributed by atoms with Crippen LogP contribution >= 0.6 is 11.6 Å². The number of halogens is 1. The number of amides is 1. The van der Waals surface area contributed by atoms with Crippen LogP contribution in [0, 0.1) is 11.8 Å². The monoisotopic (exact) mass is 203 g/mol. The third kappa shape index (κ3) is 1.97. The Balaban J connectivity index is 1.80. The Morgan fingerprint density at radius 1 is 1.54 bits per heavy atom. The summed E-state index contributed by atoms with van der Waals surface area (Å²) in [6.45, 7) is 3.20. The van der Waals surface area contributed by atoms with Crippen molar-refractivity contribution in [2.24, 2.45) is 11.8 Å². The average molecular weight is 204 g/mol. The fourth-order valence-corrected chi connectivity index (χ4v) is 1.86. The minimum absolute atomic E-state index is 0.0157. The second kappa shape index (κ2) is 3.46. The Morgan fingerprint density at radius 3 is 2.69 bits per heavy atom. The maximum absolute atomic E-state index is 11.5. The van der Waals surface area contributed by atoms with Gasteiger partial charge in [-0.3, -0.25) is 4.79 Å². The zero-order chi connectivity index (χ0) is 9.42. The highest BCUT2D eigenvalue weighted by atomic mass is 35.5. The second-order valence-corrected chi connectivity index (χ2v) is 4.55. The van der Waals surface area contributed by atoms with Crippen molar-refractivity contribution in [3.63, 3.8) is 0 Å². The van der Waals surface area contributed by atoms with Gasteiger partial charge in [0.1, 0.15) is 0 Å². The Kier molecular flexibility index (Phi) is 2.47. The number of carbonyl (C=O) groups is 1. The number of rotatable bonds is 2. The number of hydrogen-bond donors (Lipinski definition) is 1. The Hall–Kier alpha value is -0.280. The Labute approximate surface area is 82.8 Å². The molecule has 4 atom stereocenters. The lowest BCUT2D eigenvalue weighted by Gasteiger charge is -2.13. The molecule has 1 amide bonds. The van der Waals surface area contributed by atoms with E-state index in [1.807, 2.05) is 0 Å². The fourth-order valence-electron chi connectivity index (χ4n) is 1.64. The molecule has 1 saturated heterocycles. The van der Waals surface area contributed by atoms with E-state index < -0.39 is 0 Å². The number of ether oxygens (including phenoxy) is 1. The smallest absolute Gasteiger partial charge is 0.223 e. The molecule has 1 aliphatic carbocycles. The van der Waals surface area contributed by atoms with Crippen LogP contribution in [0.1, 0.15) is 13.3 Å². The SMILES string of the molecule is CC1CC1C(=O)NC1COCC1Cl. The molecular formula is C9H14ClNO2. The van der Waals surface area contributed by atoms with Crippen LogP contribution in [0.3, 0.4) is 0 Å². The van der Waals surface area contributed by atoms with Crippen LogP contribution in [0.25, 0.3) is 0 Å². The van der Waals surface area contributed by atoms with Gasteiger partial charge in [0.05, 0.1) is 24.6 Å². The second-order valence-electron chi connectivity index (χ2n) is 3.99. The summed E-state index contributed by atoms with van der Waals surface area (Å²) in [5.74, 6) is 0.925. The van der Waals surface area contributed by atoms with Gasteiger partial charge in [0, 0.05) is 5.92 Å². The van der Waals surface area contributed by atoms with Gasteiger partial charge in [-0.15, -0.1) is 11.6 Å². The molecule has 2 aliphatic rings. The van der Waals surface area contributed by atoms with Gasteiger partial charge >= 0.3 is 0 Å². The van der Waals surface area contributed by atoms with Crippen LogP contribution in [0.2, 0.25) is 0 Å². The summed E-state index contributed by atoms with van der Waals surface area (Å²) in [6, 6.07) is 0.0157. The zero-order valence-corrected chi connectivity index (χ0v) is 8.38. The molecule has 13 heavy (non-hydrogen) atoms. The van der Waals surface area contributed by atoms with Crippen LogP contribution in [0.15, 0.2) is 0 Å². The standard InChI is InChI=1S/C9H14ClNO2/c1-5-2-6(5)9(12)11-8-4-13-3-7(8)10/h5-8H,2-4H2,1H3,(H,11,12). The van der Waals surface area contributed by atoms with Crippen molar-refractivity contribution in [2.75, 3.05) is 13.2 Å². The van der Waals surface area contributed by atoms with Crippen molar-refractivity contribution in [1.29, 1.82) is 0 Å². The summed E-state index contributed by atoms with van der Waals surface area (Å²) in [6.07, 6.45) is 1.02. The maximum Gasteiger partial charge on any atom is 0.223 e. The lowest BCUT2D eigenvalue weighted by molar-refractivity contribution is -0.123. The Morgan fingerprint density at radius 2 is 2.23 bits per heavy atom. The molecular weight excluding hydrogens is 190 g/mol. The number of carbonyl (C=O) groups excluding carboxylic acids is 1. The lowest BCUT2D eigenvalue weighted by atomic mass is 10.2. The van der Waals surface area contributed by atoms with E-state index in [1.54, 1.807) is 0 Å². The van der Waals surface area contributed by atoms with Crippen LogP contribution in [-0.4, -0.2) is 30.5 Å². The van der Waals surface area contributed by atoms with E-state index in [2.05, 4.69) is 12.2 Å². The Bertz CT molecular complexity index is 222. The molecule has 1 heterocycles. The van der Waals surface area contributed by atoms with Crippen molar-refractivity contribution in [2.45, 2.75) is 24.8 Å². The van der Waals surface area contributed by atoms with Crippen LogP contribution in [0.5, 0.6) is 0 Å². The fraction of sp³-hybridized carbons (Fsp3) is 0.889. The third-order valence-electron chi connectivity index (χ3n) is 2.78. The summed E-state index contributed by atoms with van der Waals surface area (Å²) in [5, 5.41) is 2.87. The molecule has 0 aromatic carbocycles. The molecule has 4 heteroatoms. The minimum Gasteiger partial charge on any atom is -0.378 e. The van der Waals surface area contributed by atoms with Crippen LogP contribution in [-0.2, 0) is 9.53 Å². The van der Waals surface area contributed by atoms with E-state index in [0.717, 1.165) is 6.42 Å². The van der Waals surface area contributed by atoms with Crippen molar-refractivity contribution < 1.29 is 9.53 Å². The van der Waals surface area contributed by atoms with E-state index in [4.69, 9.17) is 16.3 Å². The first-order chi connectivity index (χ1) is 6.18. The molecule has 2 rings (SSSR count). The predicted octanol–water partition coefficient (Wildman–Crippen LogP) is 0.765. The molecule has 0 radical (unpaired) electrons. The average Bonchev–Trinajstić information content (AvgIpc) is 2.68. The zero-order valence-electron chi connectivity index (χ0n) is 7.63. The van der Waals surface area contributed by atoms with Gasteiger partial charge < -0.3 is 10.1 Å². The van der Waals surface area contributed by atoms with Crippen molar-refractivity contribution in [3.8, 4) is 0 Å². The topological polar surface area (TPSA) is 38.3 Å². The molecule has 0 bridgehead atoms. The molecule has 74 valence electrons. The van der Waals surface area contributed by atoms with Crippen molar-refractivity contribution in [1.82, 2.24) is 5.32 Å². The molecule has 0 spiro atoms. The molecule has 0 aromatic heterocycles. The van der Waals surface area contributed by atoms with E-state index >= 15 is 0 Å². The molecule has 4 unspecified atom stereocenters. The molecule has 1 saturated carbocycles. The van der Waals surface area contributed by atoms with Gasteiger partial charge in [0.25, 0.3) is 0 Å². The van der Waals surface area contributed by atoms with Gasteiger partial charge in [-0.2, -0.15) is 0 Å². The molecule has 1 aliphatic heterocycles. The van der Waals surface area contributed by atoms with Gasteiger partial charge in [-0.1, -0.05) is 6.92 Å². The number of hydrogen-bond acceptors (Lipinski definition) is 2. The van der Waals surface area contributed by atoms with E-state index in [-0.39, 0.29) is 23.2 Å². The summed E-state index contributed by atoms with van der Waals surface area (Å²) in [5.41, 5.74) is 0. The molecule has 3 nitrogen and oxygen atoms in total. The molecule has 0 aromatic rings. The highest BCUT2D eigenvalue weighted by Gasteiger charge is 2.41. The predicted molar refractivity (Wildman–Crippen MR) is 49.7 cm³/mol. The van der Waals surface area contributed by atoms with Gasteiger partial charge in [-0.05, 0) is 12.3 Å².